The predicted octanol–water partition coefficient (Wildman–Crippen LogP) is 8.55. The minimum absolute atomic E-state index is 0.211. The summed E-state index contributed by atoms with van der Waals surface area (Å²) in [6, 6.07) is 15.5. The number of nitrogens with zero attached hydrogens (tertiary/aromatic N) is 5. The number of aromatic carboxylic acids is 1. The molecule has 0 spiro atoms. The molecular formula is C45H39N7O2. The standard InChI is InChI=1S/C45H39N7O2/c1-50-21-15-28(16-22-50)41-33-7-9-35(46-33)42(29-17-23-51(2)24-18-29)37-11-13-39(48-37)44(31-5-4-6-32(27-31)45(53)54)40-14-12-38(49-40)43(36-10-8-34(41)47-36)30-19-25-52(3)26-20-30/h4-21,23,25,27,46,49H,22,24,26H2,1-3H3,(H,53,54). The molecule has 3 aromatic heterocycles. The molecule has 0 aliphatic carbocycles. The van der Waals surface area contributed by atoms with E-state index < -0.39 is 5.97 Å². The van der Waals surface area contributed by atoms with E-state index in [2.05, 4.69) is 143 Å². The summed E-state index contributed by atoms with van der Waals surface area (Å²) in [6.45, 7) is 2.33. The summed E-state index contributed by atoms with van der Waals surface area (Å²) in [7, 11) is 6.19. The molecule has 9 nitrogen and oxygen atoms in total. The van der Waals surface area contributed by atoms with Crippen molar-refractivity contribution in [2.75, 3.05) is 40.8 Å². The summed E-state index contributed by atoms with van der Waals surface area (Å²) in [4.78, 5) is 36.9. The Labute approximate surface area is 313 Å². The van der Waals surface area contributed by atoms with Crippen LogP contribution in [0.25, 0.3) is 74.2 Å². The number of hydrogen-bond donors (Lipinski definition) is 3. The number of H-pyrrole nitrogens is 2. The van der Waals surface area contributed by atoms with Gasteiger partial charge in [-0.2, -0.15) is 0 Å². The molecule has 0 saturated carbocycles. The number of carbonyl (C=O) groups is 1. The number of hydrogen-bond acceptors (Lipinski definition) is 6. The highest BCUT2D eigenvalue weighted by Gasteiger charge is 2.21. The van der Waals surface area contributed by atoms with Crippen LogP contribution in [0.15, 0.2) is 104 Å². The first kappa shape index (κ1) is 33.0. The molecule has 0 atom stereocenters. The molecule has 0 fully saturated rings. The maximum Gasteiger partial charge on any atom is 0.335 e. The summed E-state index contributed by atoms with van der Waals surface area (Å²) in [5.41, 5.74) is 14.9. The molecule has 9 rings (SSSR count). The van der Waals surface area contributed by atoms with Gasteiger partial charge >= 0.3 is 5.97 Å². The lowest BCUT2D eigenvalue weighted by molar-refractivity contribution is 0.0697. The van der Waals surface area contributed by atoms with Crippen molar-refractivity contribution in [3.8, 4) is 11.1 Å². The highest BCUT2D eigenvalue weighted by Crippen LogP contribution is 2.37. The van der Waals surface area contributed by atoms with Gasteiger partial charge in [0.05, 0.1) is 28.3 Å². The van der Waals surface area contributed by atoms with Crippen LogP contribution in [-0.4, -0.2) is 86.5 Å². The fourth-order valence-corrected chi connectivity index (χ4v) is 7.52. The van der Waals surface area contributed by atoms with Gasteiger partial charge in [0.15, 0.2) is 0 Å². The van der Waals surface area contributed by atoms with E-state index in [-0.39, 0.29) is 5.56 Å². The van der Waals surface area contributed by atoms with Crippen molar-refractivity contribution < 1.29 is 9.90 Å². The van der Waals surface area contributed by atoms with E-state index in [9.17, 15) is 9.90 Å². The molecular weight excluding hydrogens is 671 g/mol. The zero-order valence-electron chi connectivity index (χ0n) is 30.3. The number of fused-ring (bicyclic) bond motifs is 8. The SMILES string of the molecule is CN1C=CC(c2c3nc(c(C4=CCN(C)C=C4)c4ccc([nH]4)c(-c4cccc(C(=O)O)c4)c4nc(c(C5=CCN(C)C=C5)c5ccc2[nH]5)C=C4)C=C3)=CC1. The second-order valence-corrected chi connectivity index (χ2v) is 14.1. The number of carboxylic acid groups (broad SMARTS) is 1. The number of rotatable bonds is 5. The van der Waals surface area contributed by atoms with Gasteiger partial charge in [0.25, 0.3) is 0 Å². The molecule has 9 heteroatoms. The van der Waals surface area contributed by atoms with E-state index in [1.807, 2.05) is 12.1 Å². The Morgan fingerprint density at radius 2 is 0.944 bits per heavy atom. The Hall–Kier alpha value is -6.87. The Morgan fingerprint density at radius 1 is 0.556 bits per heavy atom. The lowest BCUT2D eigenvalue weighted by Gasteiger charge is -2.18. The maximum absolute atomic E-state index is 12.2. The van der Waals surface area contributed by atoms with Gasteiger partial charge in [-0.15, -0.1) is 0 Å². The molecule has 5 aliphatic heterocycles. The fraction of sp³-hybridized carbons (Fsp3) is 0.133. The fourth-order valence-electron chi connectivity index (χ4n) is 7.52. The Bertz CT molecular complexity index is 2640. The van der Waals surface area contributed by atoms with Crippen molar-refractivity contribution in [1.29, 1.82) is 0 Å². The number of likely N-dealkylation sites (N-methyl/N-ethyl adjacent to an activating group) is 3. The summed E-state index contributed by atoms with van der Waals surface area (Å²) in [5, 5.41) is 9.97. The summed E-state index contributed by atoms with van der Waals surface area (Å²) in [5.74, 6) is -0.981. The molecule has 8 bridgehead atoms. The van der Waals surface area contributed by atoms with Crippen LogP contribution in [0.4, 0.5) is 0 Å². The van der Waals surface area contributed by atoms with Gasteiger partial charge in [-0.1, -0.05) is 30.4 Å². The van der Waals surface area contributed by atoms with Crippen LogP contribution in [0, 0.1) is 0 Å². The normalized spacial score (nSPS) is 16.2. The zero-order valence-corrected chi connectivity index (χ0v) is 30.3. The molecule has 3 N–H and O–H groups in total. The van der Waals surface area contributed by atoms with E-state index in [1.54, 1.807) is 18.2 Å². The summed E-state index contributed by atoms with van der Waals surface area (Å²) in [6.07, 6.45) is 27.7. The highest BCUT2D eigenvalue weighted by molar-refractivity contribution is 6.00. The van der Waals surface area contributed by atoms with Gasteiger partial charge in [-0.25, -0.2) is 14.8 Å². The third-order valence-corrected chi connectivity index (χ3v) is 10.3. The molecule has 54 heavy (non-hydrogen) atoms. The molecule has 0 unspecified atom stereocenters. The predicted molar refractivity (Wildman–Crippen MR) is 220 cm³/mol. The van der Waals surface area contributed by atoms with Crippen molar-refractivity contribution in [1.82, 2.24) is 34.6 Å². The maximum atomic E-state index is 12.2. The largest absolute Gasteiger partial charge is 0.478 e. The number of aromatic nitrogens is 4. The van der Waals surface area contributed by atoms with Crippen molar-refractivity contribution in [3.63, 3.8) is 0 Å². The molecule has 266 valence electrons. The third-order valence-electron chi connectivity index (χ3n) is 10.3. The van der Waals surface area contributed by atoms with Crippen molar-refractivity contribution in [2.24, 2.45) is 0 Å². The lowest BCUT2D eigenvalue weighted by Crippen LogP contribution is -2.13. The van der Waals surface area contributed by atoms with Crippen LogP contribution in [0.3, 0.4) is 0 Å². The monoisotopic (exact) mass is 709 g/mol. The quantitative estimate of drug-likeness (QED) is 0.165. The minimum atomic E-state index is -0.981. The van der Waals surface area contributed by atoms with Crippen LogP contribution >= 0.6 is 0 Å². The van der Waals surface area contributed by atoms with Crippen LogP contribution in [0.5, 0.6) is 0 Å². The number of nitrogens with one attached hydrogen (secondary N) is 2. The van der Waals surface area contributed by atoms with Crippen LogP contribution in [-0.2, 0) is 0 Å². The van der Waals surface area contributed by atoms with Crippen molar-refractivity contribution >= 4 is 69.1 Å². The number of benzene rings is 1. The van der Waals surface area contributed by atoms with E-state index in [4.69, 9.17) is 9.97 Å². The van der Waals surface area contributed by atoms with Crippen molar-refractivity contribution in [3.05, 3.63) is 149 Å². The molecule has 0 radical (unpaired) electrons. The van der Waals surface area contributed by atoms with Crippen LogP contribution < -0.4 is 0 Å². The summed E-state index contributed by atoms with van der Waals surface area (Å²) < 4.78 is 0. The minimum Gasteiger partial charge on any atom is -0.478 e. The molecule has 0 saturated heterocycles. The molecule has 1 aromatic carbocycles. The average molecular weight is 710 g/mol. The first-order valence-corrected chi connectivity index (χ1v) is 18.1. The van der Waals surface area contributed by atoms with Gasteiger partial charge < -0.3 is 29.8 Å². The first-order chi connectivity index (χ1) is 26.3. The Kier molecular flexibility index (Phi) is 8.11. The van der Waals surface area contributed by atoms with Crippen LogP contribution in [0.1, 0.15) is 49.8 Å². The van der Waals surface area contributed by atoms with Gasteiger partial charge in [0.2, 0.25) is 0 Å². The topological polar surface area (TPSA) is 104 Å². The van der Waals surface area contributed by atoms with E-state index in [1.165, 1.54) is 0 Å². The van der Waals surface area contributed by atoms with Gasteiger partial charge in [0, 0.05) is 85.1 Å². The second kappa shape index (κ2) is 13.3. The lowest BCUT2D eigenvalue weighted by atomic mass is 10.0. The smallest absolute Gasteiger partial charge is 0.335 e. The molecule has 0 amide bonds. The molecule has 8 heterocycles. The van der Waals surface area contributed by atoms with Gasteiger partial charge in [-0.05, 0) is 120 Å². The Morgan fingerprint density at radius 3 is 1.31 bits per heavy atom. The Balaban J connectivity index is 1.43. The van der Waals surface area contributed by atoms with E-state index in [0.717, 1.165) is 109 Å². The second-order valence-electron chi connectivity index (χ2n) is 14.1. The van der Waals surface area contributed by atoms with E-state index >= 15 is 0 Å². The van der Waals surface area contributed by atoms with Gasteiger partial charge in [-0.3, -0.25) is 0 Å². The highest BCUT2D eigenvalue weighted by atomic mass is 16.4. The number of carboxylic acids is 1. The van der Waals surface area contributed by atoms with Crippen molar-refractivity contribution in [2.45, 2.75) is 0 Å². The zero-order chi connectivity index (χ0) is 36.9. The first-order valence-electron chi connectivity index (χ1n) is 18.1. The van der Waals surface area contributed by atoms with Gasteiger partial charge in [0.1, 0.15) is 0 Å². The van der Waals surface area contributed by atoms with E-state index in [0.29, 0.717) is 0 Å². The average Bonchev–Trinajstić information content (AvgIpc) is 4.02. The number of aromatic amines is 2. The number of allylic oxidation sites excluding steroid dienone is 6. The molecule has 5 aliphatic rings. The summed E-state index contributed by atoms with van der Waals surface area (Å²) >= 11 is 0. The third kappa shape index (κ3) is 5.99. The van der Waals surface area contributed by atoms with Crippen LogP contribution in [0.2, 0.25) is 0 Å². The molecule has 4 aromatic rings.